The van der Waals surface area contributed by atoms with E-state index in [1.807, 2.05) is 0 Å². The van der Waals surface area contributed by atoms with Crippen LogP contribution >= 0.6 is 0 Å². The fourth-order valence-electron chi connectivity index (χ4n) is 0.693. The maximum absolute atomic E-state index is 10.4. The Bertz CT molecular complexity index is 78.5. The van der Waals surface area contributed by atoms with Crippen LogP contribution in [0.25, 0.3) is 0 Å². The first-order valence-electron chi connectivity index (χ1n) is 2.87. The zero-order valence-electron chi connectivity index (χ0n) is 4.72. The Hall–Kier alpha value is -0.530. The lowest BCUT2D eigenvalue weighted by Gasteiger charge is -1.93. The number of carbonyl (C=O) groups is 1. The van der Waals surface area contributed by atoms with Crippen molar-refractivity contribution in [3.8, 4) is 0 Å². The van der Waals surface area contributed by atoms with Gasteiger partial charge in [-0.25, -0.2) is 0 Å². The minimum absolute atomic E-state index is 0.0567. The largest absolute Gasteiger partial charge is 0.466 e. The van der Waals surface area contributed by atoms with Crippen molar-refractivity contribution < 1.29 is 9.53 Å². The molecule has 1 rings (SSSR count). The molecule has 1 radical (unpaired) electrons. The van der Waals surface area contributed by atoms with Crippen LogP contribution in [-0.4, -0.2) is 12.6 Å². The molecule has 0 spiro atoms. The third kappa shape index (κ3) is 1.52. The van der Waals surface area contributed by atoms with Crippen LogP contribution in [0, 0.1) is 6.42 Å². The van der Waals surface area contributed by atoms with Crippen LogP contribution in [-0.2, 0) is 9.53 Å². The van der Waals surface area contributed by atoms with Crippen molar-refractivity contribution in [3.63, 3.8) is 0 Å². The maximum Gasteiger partial charge on any atom is 0.305 e. The van der Waals surface area contributed by atoms with E-state index in [-0.39, 0.29) is 5.97 Å². The molecule has 0 bridgehead atoms. The molecule has 2 heteroatoms. The highest BCUT2D eigenvalue weighted by molar-refractivity contribution is 5.69. The molecule has 0 atom stereocenters. The Morgan fingerprint density at radius 1 is 1.50 bits per heavy atom. The topological polar surface area (TPSA) is 26.3 Å². The van der Waals surface area contributed by atoms with Crippen molar-refractivity contribution in [1.82, 2.24) is 0 Å². The SMILES string of the molecule is O=C1CC[CH]CCO1. The molecule has 2 nitrogen and oxygen atoms in total. The van der Waals surface area contributed by atoms with Crippen molar-refractivity contribution in [1.29, 1.82) is 0 Å². The maximum atomic E-state index is 10.4. The van der Waals surface area contributed by atoms with Crippen molar-refractivity contribution in [2.24, 2.45) is 0 Å². The summed E-state index contributed by atoms with van der Waals surface area (Å²) in [6, 6.07) is 0. The van der Waals surface area contributed by atoms with E-state index >= 15 is 0 Å². The first-order chi connectivity index (χ1) is 3.89. The molecule has 1 heterocycles. The summed E-state index contributed by atoms with van der Waals surface area (Å²) in [6.07, 6.45) is 4.47. The van der Waals surface area contributed by atoms with Crippen LogP contribution in [0.1, 0.15) is 19.3 Å². The first-order valence-corrected chi connectivity index (χ1v) is 2.87. The number of esters is 1. The lowest BCUT2D eigenvalue weighted by Crippen LogP contribution is -2.00. The summed E-state index contributed by atoms with van der Waals surface area (Å²) in [5.41, 5.74) is 0. The summed E-state index contributed by atoms with van der Waals surface area (Å²) >= 11 is 0. The molecule has 0 aliphatic carbocycles. The Labute approximate surface area is 48.8 Å². The molecule has 1 aliphatic heterocycles. The smallest absolute Gasteiger partial charge is 0.305 e. The second-order valence-corrected chi connectivity index (χ2v) is 1.84. The average molecular weight is 113 g/mol. The van der Waals surface area contributed by atoms with E-state index in [4.69, 9.17) is 4.74 Å². The Balaban J connectivity index is 2.27. The zero-order valence-corrected chi connectivity index (χ0v) is 4.72. The van der Waals surface area contributed by atoms with Gasteiger partial charge in [-0.3, -0.25) is 4.79 Å². The first kappa shape index (κ1) is 5.60. The van der Waals surface area contributed by atoms with E-state index < -0.39 is 0 Å². The highest BCUT2D eigenvalue weighted by atomic mass is 16.5. The highest BCUT2D eigenvalue weighted by Gasteiger charge is 2.05. The number of hydrogen-bond acceptors (Lipinski definition) is 2. The molecule has 0 saturated carbocycles. The molecule has 45 valence electrons. The predicted molar refractivity (Wildman–Crippen MR) is 29.1 cm³/mol. The number of hydrogen-bond donors (Lipinski definition) is 0. The molecule has 0 amide bonds. The number of ether oxygens (including phenoxy) is 1. The fraction of sp³-hybridized carbons (Fsp3) is 0.667. The van der Waals surface area contributed by atoms with E-state index in [0.29, 0.717) is 13.0 Å². The van der Waals surface area contributed by atoms with Gasteiger partial charge < -0.3 is 4.74 Å². The van der Waals surface area contributed by atoms with Crippen LogP contribution in [0.5, 0.6) is 0 Å². The van der Waals surface area contributed by atoms with Crippen LogP contribution in [0.15, 0.2) is 0 Å². The van der Waals surface area contributed by atoms with Crippen LogP contribution in [0.3, 0.4) is 0 Å². The normalized spacial score (nSPS) is 21.8. The Morgan fingerprint density at radius 3 is 3.25 bits per heavy atom. The van der Waals surface area contributed by atoms with E-state index in [2.05, 4.69) is 6.42 Å². The van der Waals surface area contributed by atoms with Gasteiger partial charge in [-0.1, -0.05) is 0 Å². The molecule has 1 saturated heterocycles. The Morgan fingerprint density at radius 2 is 2.38 bits per heavy atom. The molecule has 1 fully saturated rings. The zero-order chi connectivity index (χ0) is 5.82. The van der Waals surface area contributed by atoms with E-state index in [1.165, 1.54) is 0 Å². The molecule has 1 aliphatic rings. The van der Waals surface area contributed by atoms with Crippen LogP contribution in [0.4, 0.5) is 0 Å². The van der Waals surface area contributed by atoms with Gasteiger partial charge in [0.25, 0.3) is 0 Å². The van der Waals surface area contributed by atoms with Gasteiger partial charge in [0.2, 0.25) is 0 Å². The van der Waals surface area contributed by atoms with E-state index in [9.17, 15) is 4.79 Å². The molecular formula is C6H9O2. The molecule has 8 heavy (non-hydrogen) atoms. The minimum atomic E-state index is -0.0567. The summed E-state index contributed by atoms with van der Waals surface area (Å²) < 4.78 is 4.73. The van der Waals surface area contributed by atoms with Gasteiger partial charge in [0.1, 0.15) is 0 Å². The molecule has 0 N–H and O–H groups in total. The number of carbonyl (C=O) groups excluding carboxylic acids is 1. The number of cyclic esters (lactones) is 1. The lowest BCUT2D eigenvalue weighted by molar-refractivity contribution is -0.142. The van der Waals surface area contributed by atoms with Gasteiger partial charge in [-0.2, -0.15) is 0 Å². The molecule has 0 unspecified atom stereocenters. The van der Waals surface area contributed by atoms with Crippen LogP contribution in [0.2, 0.25) is 0 Å². The van der Waals surface area contributed by atoms with Crippen molar-refractivity contribution in [2.45, 2.75) is 19.3 Å². The van der Waals surface area contributed by atoms with Gasteiger partial charge in [-0.15, -0.1) is 0 Å². The summed E-state index contributed by atoms with van der Waals surface area (Å²) in [6.45, 7) is 0.582. The van der Waals surface area contributed by atoms with Gasteiger partial charge in [0.05, 0.1) is 6.61 Å². The second kappa shape index (κ2) is 2.70. The predicted octanol–water partition coefficient (Wildman–Crippen LogP) is 0.918. The minimum Gasteiger partial charge on any atom is -0.466 e. The number of rotatable bonds is 0. The van der Waals surface area contributed by atoms with E-state index in [0.717, 1.165) is 12.8 Å². The second-order valence-electron chi connectivity index (χ2n) is 1.84. The van der Waals surface area contributed by atoms with Crippen molar-refractivity contribution in [3.05, 3.63) is 6.42 Å². The highest BCUT2D eigenvalue weighted by Crippen LogP contribution is 2.05. The quantitative estimate of drug-likeness (QED) is 0.436. The van der Waals surface area contributed by atoms with Crippen molar-refractivity contribution >= 4 is 5.97 Å². The summed E-state index contributed by atoms with van der Waals surface area (Å²) in [5.74, 6) is -0.0567. The lowest BCUT2D eigenvalue weighted by atomic mass is 10.2. The summed E-state index contributed by atoms with van der Waals surface area (Å²) in [5, 5.41) is 0. The van der Waals surface area contributed by atoms with Gasteiger partial charge in [0.15, 0.2) is 0 Å². The van der Waals surface area contributed by atoms with Gasteiger partial charge in [-0.05, 0) is 19.3 Å². The summed E-state index contributed by atoms with van der Waals surface area (Å²) in [4.78, 5) is 10.4. The molecule has 0 aromatic rings. The van der Waals surface area contributed by atoms with Crippen molar-refractivity contribution in [2.75, 3.05) is 6.61 Å². The van der Waals surface area contributed by atoms with Gasteiger partial charge >= 0.3 is 5.97 Å². The van der Waals surface area contributed by atoms with Crippen LogP contribution < -0.4 is 0 Å². The third-order valence-corrected chi connectivity index (χ3v) is 1.14. The molecular weight excluding hydrogens is 104 g/mol. The standard InChI is InChI=1S/C6H9O2/c7-6-4-2-1-3-5-8-6/h1H,2-5H2. The molecule has 0 aromatic heterocycles. The fourth-order valence-corrected chi connectivity index (χ4v) is 0.693. The monoisotopic (exact) mass is 113 g/mol. The van der Waals surface area contributed by atoms with Gasteiger partial charge in [0, 0.05) is 6.42 Å². The molecule has 0 aromatic carbocycles. The third-order valence-electron chi connectivity index (χ3n) is 1.14. The summed E-state index contributed by atoms with van der Waals surface area (Å²) in [7, 11) is 0. The average Bonchev–Trinajstić information content (AvgIpc) is 1.94. The van der Waals surface area contributed by atoms with E-state index in [1.54, 1.807) is 0 Å². The Kier molecular flexibility index (Phi) is 1.89.